The van der Waals surface area contributed by atoms with Crippen LogP contribution >= 0.6 is 0 Å². The van der Waals surface area contributed by atoms with Gasteiger partial charge in [0.15, 0.2) is 5.82 Å². The molecular weight excluding hydrogens is 296 g/mol. The lowest BCUT2D eigenvalue weighted by molar-refractivity contribution is -0.129. The van der Waals surface area contributed by atoms with E-state index in [1.54, 1.807) is 0 Å². The van der Waals surface area contributed by atoms with E-state index in [0.29, 0.717) is 30.7 Å². The molecule has 0 radical (unpaired) electrons. The molecule has 7 nitrogen and oxygen atoms in total. The predicted molar refractivity (Wildman–Crippen MR) is 81.7 cm³/mol. The van der Waals surface area contributed by atoms with Crippen molar-refractivity contribution >= 4 is 5.91 Å². The molecule has 3 aliphatic rings. The number of likely N-dealkylation sites (tertiary alicyclic amines) is 1. The maximum absolute atomic E-state index is 12.3. The summed E-state index contributed by atoms with van der Waals surface area (Å²) in [4.78, 5) is 21.1. The molecule has 2 aliphatic heterocycles. The number of nitrogens with zero attached hydrogens (tertiary/aromatic N) is 4. The van der Waals surface area contributed by atoms with Gasteiger partial charge in [-0.3, -0.25) is 9.69 Å². The summed E-state index contributed by atoms with van der Waals surface area (Å²) in [5, 5.41) is 4.10. The summed E-state index contributed by atoms with van der Waals surface area (Å²) in [5.74, 6) is 1.65. The van der Waals surface area contributed by atoms with Crippen LogP contribution in [0, 0.1) is 0 Å². The molecule has 1 saturated carbocycles. The van der Waals surface area contributed by atoms with Gasteiger partial charge in [-0.15, -0.1) is 0 Å². The number of morpholine rings is 1. The van der Waals surface area contributed by atoms with Crippen molar-refractivity contribution in [3.63, 3.8) is 0 Å². The van der Waals surface area contributed by atoms with E-state index in [1.165, 1.54) is 12.8 Å². The molecule has 3 heterocycles. The molecule has 1 aromatic heterocycles. The van der Waals surface area contributed by atoms with Gasteiger partial charge in [0.1, 0.15) is 0 Å². The van der Waals surface area contributed by atoms with Crippen molar-refractivity contribution in [1.82, 2.24) is 19.9 Å². The van der Waals surface area contributed by atoms with Gasteiger partial charge in [-0.25, -0.2) is 0 Å². The van der Waals surface area contributed by atoms with Gasteiger partial charge in [-0.1, -0.05) is 18.0 Å². The van der Waals surface area contributed by atoms with Crippen molar-refractivity contribution in [2.24, 2.45) is 0 Å². The zero-order chi connectivity index (χ0) is 15.6. The molecule has 0 aromatic carbocycles. The number of ether oxygens (including phenoxy) is 1. The summed E-state index contributed by atoms with van der Waals surface area (Å²) in [7, 11) is 0. The van der Waals surface area contributed by atoms with Crippen LogP contribution in [0.2, 0.25) is 0 Å². The average Bonchev–Trinajstić information content (AvgIpc) is 3.28. The standard InChI is InChI=1S/C16H24N4O3/c21-15-9-12(10-20(15)13-3-1-2-4-13)16-17-14(18-23-16)11-19-5-7-22-8-6-19/h12-13H,1-11H2. The lowest BCUT2D eigenvalue weighted by atomic mass is 10.1. The van der Waals surface area contributed by atoms with Crippen LogP contribution in [-0.4, -0.2) is 64.7 Å². The van der Waals surface area contributed by atoms with E-state index in [4.69, 9.17) is 9.26 Å². The van der Waals surface area contributed by atoms with Gasteiger partial charge in [0, 0.05) is 32.1 Å². The monoisotopic (exact) mass is 320 g/mol. The number of rotatable bonds is 4. The second-order valence-electron chi connectivity index (χ2n) is 6.82. The van der Waals surface area contributed by atoms with Gasteiger partial charge in [-0.2, -0.15) is 4.98 Å². The molecule has 3 fully saturated rings. The molecule has 1 atom stereocenters. The Kier molecular flexibility index (Phi) is 4.31. The Morgan fingerprint density at radius 2 is 1.96 bits per heavy atom. The molecule has 7 heteroatoms. The Balaban J connectivity index is 1.37. The average molecular weight is 320 g/mol. The smallest absolute Gasteiger partial charge is 0.232 e. The molecule has 23 heavy (non-hydrogen) atoms. The zero-order valence-corrected chi connectivity index (χ0v) is 13.4. The van der Waals surface area contributed by atoms with E-state index in [2.05, 4.69) is 15.0 Å². The van der Waals surface area contributed by atoms with Gasteiger partial charge >= 0.3 is 0 Å². The number of amides is 1. The van der Waals surface area contributed by atoms with E-state index in [0.717, 1.165) is 45.7 Å². The van der Waals surface area contributed by atoms with E-state index in [1.807, 2.05) is 4.90 Å². The molecule has 1 amide bonds. The molecule has 1 unspecified atom stereocenters. The van der Waals surface area contributed by atoms with Gasteiger partial charge in [-0.05, 0) is 12.8 Å². The van der Waals surface area contributed by atoms with Gasteiger partial charge in [0.05, 0.1) is 25.7 Å². The molecule has 126 valence electrons. The summed E-state index contributed by atoms with van der Waals surface area (Å²) in [6.07, 6.45) is 5.28. The molecular formula is C16H24N4O3. The third-order valence-corrected chi connectivity index (χ3v) is 5.23. The lowest BCUT2D eigenvalue weighted by Crippen LogP contribution is -2.35. The number of aromatic nitrogens is 2. The number of hydrogen-bond donors (Lipinski definition) is 0. The number of carbonyl (C=O) groups is 1. The Morgan fingerprint density at radius 1 is 1.17 bits per heavy atom. The summed E-state index contributed by atoms with van der Waals surface area (Å²) in [5.41, 5.74) is 0. The van der Waals surface area contributed by atoms with Crippen molar-refractivity contribution in [2.75, 3.05) is 32.8 Å². The Labute approximate surface area is 136 Å². The van der Waals surface area contributed by atoms with E-state index in [9.17, 15) is 4.79 Å². The maximum Gasteiger partial charge on any atom is 0.232 e. The van der Waals surface area contributed by atoms with Crippen molar-refractivity contribution in [2.45, 2.75) is 50.6 Å². The molecule has 0 spiro atoms. The van der Waals surface area contributed by atoms with Gasteiger partial charge in [0.25, 0.3) is 0 Å². The second kappa shape index (κ2) is 6.57. The van der Waals surface area contributed by atoms with Crippen LogP contribution in [0.1, 0.15) is 49.7 Å². The second-order valence-corrected chi connectivity index (χ2v) is 6.82. The highest BCUT2D eigenvalue weighted by atomic mass is 16.5. The molecule has 0 bridgehead atoms. The number of hydrogen-bond acceptors (Lipinski definition) is 6. The number of carbonyl (C=O) groups excluding carboxylic acids is 1. The van der Waals surface area contributed by atoms with Crippen molar-refractivity contribution in [3.05, 3.63) is 11.7 Å². The molecule has 1 aliphatic carbocycles. The normalized spacial score (nSPS) is 27.2. The summed E-state index contributed by atoms with van der Waals surface area (Å²) in [6.45, 7) is 4.77. The summed E-state index contributed by atoms with van der Waals surface area (Å²) >= 11 is 0. The van der Waals surface area contributed by atoms with Crippen LogP contribution in [0.15, 0.2) is 4.52 Å². The van der Waals surface area contributed by atoms with Gasteiger partial charge in [0.2, 0.25) is 11.8 Å². The third kappa shape index (κ3) is 3.26. The highest BCUT2D eigenvalue weighted by molar-refractivity contribution is 5.79. The quantitative estimate of drug-likeness (QED) is 0.829. The van der Waals surface area contributed by atoms with Crippen molar-refractivity contribution in [3.8, 4) is 0 Å². The van der Waals surface area contributed by atoms with Crippen LogP contribution < -0.4 is 0 Å². The third-order valence-electron chi connectivity index (χ3n) is 5.23. The van der Waals surface area contributed by atoms with Crippen LogP contribution in [-0.2, 0) is 16.1 Å². The predicted octanol–water partition coefficient (Wildman–Crippen LogP) is 1.16. The maximum atomic E-state index is 12.3. The lowest BCUT2D eigenvalue weighted by Gasteiger charge is -2.24. The Bertz CT molecular complexity index is 549. The summed E-state index contributed by atoms with van der Waals surface area (Å²) < 4.78 is 10.8. The molecule has 0 N–H and O–H groups in total. The summed E-state index contributed by atoms with van der Waals surface area (Å²) in [6, 6.07) is 0.434. The van der Waals surface area contributed by atoms with Crippen LogP contribution in [0.4, 0.5) is 0 Å². The molecule has 2 saturated heterocycles. The first kappa shape index (κ1) is 15.1. The topological polar surface area (TPSA) is 71.7 Å². The van der Waals surface area contributed by atoms with E-state index in [-0.39, 0.29) is 11.8 Å². The zero-order valence-electron chi connectivity index (χ0n) is 13.4. The largest absolute Gasteiger partial charge is 0.379 e. The fourth-order valence-electron chi connectivity index (χ4n) is 3.92. The first-order valence-corrected chi connectivity index (χ1v) is 8.71. The highest BCUT2D eigenvalue weighted by Crippen LogP contribution is 2.33. The molecule has 1 aromatic rings. The van der Waals surface area contributed by atoms with Crippen LogP contribution in [0.3, 0.4) is 0 Å². The van der Waals surface area contributed by atoms with E-state index >= 15 is 0 Å². The fraction of sp³-hybridized carbons (Fsp3) is 0.812. The first-order valence-electron chi connectivity index (χ1n) is 8.71. The minimum atomic E-state index is 0.0639. The van der Waals surface area contributed by atoms with Crippen LogP contribution in [0.5, 0.6) is 0 Å². The van der Waals surface area contributed by atoms with Crippen molar-refractivity contribution in [1.29, 1.82) is 0 Å². The highest BCUT2D eigenvalue weighted by Gasteiger charge is 2.38. The fourth-order valence-corrected chi connectivity index (χ4v) is 3.92. The first-order chi connectivity index (χ1) is 11.3. The van der Waals surface area contributed by atoms with Crippen molar-refractivity contribution < 1.29 is 14.1 Å². The van der Waals surface area contributed by atoms with Crippen LogP contribution in [0.25, 0.3) is 0 Å². The minimum Gasteiger partial charge on any atom is -0.379 e. The molecule has 4 rings (SSSR count). The van der Waals surface area contributed by atoms with E-state index < -0.39 is 0 Å². The SMILES string of the molecule is O=C1CC(c2nc(CN3CCOCC3)no2)CN1C1CCCC1. The minimum absolute atomic E-state index is 0.0639. The Morgan fingerprint density at radius 3 is 2.74 bits per heavy atom. The van der Waals surface area contributed by atoms with Gasteiger partial charge < -0.3 is 14.2 Å². The Hall–Kier alpha value is -1.47.